The van der Waals surface area contributed by atoms with Gasteiger partial charge in [-0.1, -0.05) is 17.8 Å². The smallest absolute Gasteiger partial charge is 0.255 e. The molecular formula is C25H29N7O3S. The van der Waals surface area contributed by atoms with Gasteiger partial charge in [0.05, 0.1) is 30.2 Å². The van der Waals surface area contributed by atoms with Crippen molar-refractivity contribution >= 4 is 40.8 Å². The molecule has 3 N–H and O–H groups in total. The number of carbonyl (C=O) groups excluding carboxylic acids is 1. The molecule has 0 unspecified atom stereocenters. The minimum atomic E-state index is -0.275. The number of anilines is 3. The van der Waals surface area contributed by atoms with E-state index in [9.17, 15) is 4.79 Å². The fraction of sp³-hybridized carbons (Fsp3) is 0.320. The molecule has 0 bridgehead atoms. The zero-order valence-corrected chi connectivity index (χ0v) is 21.7. The summed E-state index contributed by atoms with van der Waals surface area (Å²) in [7, 11) is 3.36. The van der Waals surface area contributed by atoms with E-state index < -0.39 is 0 Å². The van der Waals surface area contributed by atoms with E-state index in [1.807, 2.05) is 39.3 Å². The minimum Gasteiger partial charge on any atom is -0.480 e. The van der Waals surface area contributed by atoms with Crippen LogP contribution in [0, 0.1) is 0 Å². The molecule has 0 radical (unpaired) electrons. The summed E-state index contributed by atoms with van der Waals surface area (Å²) in [6, 6.07) is 8.97. The molecule has 0 spiro atoms. The van der Waals surface area contributed by atoms with Gasteiger partial charge in [0.15, 0.2) is 5.16 Å². The van der Waals surface area contributed by atoms with E-state index in [-0.39, 0.29) is 11.4 Å². The van der Waals surface area contributed by atoms with Crippen LogP contribution in [-0.4, -0.2) is 59.3 Å². The highest BCUT2D eigenvalue weighted by atomic mass is 32.2. The Morgan fingerprint density at radius 2 is 2.06 bits per heavy atom. The Labute approximate surface area is 214 Å². The van der Waals surface area contributed by atoms with Crippen LogP contribution in [0.1, 0.15) is 35.3 Å². The predicted octanol–water partition coefficient (Wildman–Crippen LogP) is 4.06. The normalized spacial score (nSPS) is 14.0. The number of ether oxygens (including phenoxy) is 2. The van der Waals surface area contributed by atoms with Crippen molar-refractivity contribution in [1.29, 1.82) is 0 Å². The second-order valence-electron chi connectivity index (χ2n) is 8.67. The van der Waals surface area contributed by atoms with Crippen LogP contribution in [0.15, 0.2) is 52.9 Å². The van der Waals surface area contributed by atoms with Gasteiger partial charge in [-0.2, -0.15) is 0 Å². The maximum Gasteiger partial charge on any atom is 0.255 e. The molecule has 0 atom stereocenters. The van der Waals surface area contributed by atoms with E-state index >= 15 is 0 Å². The first-order chi connectivity index (χ1) is 17.3. The van der Waals surface area contributed by atoms with Gasteiger partial charge in [0.2, 0.25) is 11.8 Å². The number of hydrogen-bond acceptors (Lipinski definition) is 10. The Morgan fingerprint density at radius 3 is 2.75 bits per heavy atom. The van der Waals surface area contributed by atoms with Crippen molar-refractivity contribution in [2.45, 2.75) is 31.1 Å². The van der Waals surface area contributed by atoms with Crippen molar-refractivity contribution in [1.82, 2.24) is 15.0 Å². The van der Waals surface area contributed by atoms with Gasteiger partial charge in [-0.25, -0.2) is 19.9 Å². The first-order valence-electron chi connectivity index (χ1n) is 11.3. The van der Waals surface area contributed by atoms with E-state index in [0.717, 1.165) is 16.9 Å². The van der Waals surface area contributed by atoms with Crippen LogP contribution in [0.4, 0.5) is 17.2 Å². The number of nitrogens with one attached hydrogen (secondary N) is 3. The summed E-state index contributed by atoms with van der Waals surface area (Å²) in [4.78, 5) is 30.7. The van der Waals surface area contributed by atoms with Gasteiger partial charge in [-0.3, -0.25) is 4.79 Å². The van der Waals surface area contributed by atoms with E-state index in [4.69, 9.17) is 9.47 Å². The molecule has 0 saturated carbocycles. The molecule has 3 aromatic rings. The lowest BCUT2D eigenvalue weighted by Crippen LogP contribution is -2.17. The highest BCUT2D eigenvalue weighted by Gasteiger charge is 2.27. The molecule has 11 heteroatoms. The number of aliphatic imine (C=N–C) groups is 1. The van der Waals surface area contributed by atoms with Crippen LogP contribution in [0.5, 0.6) is 5.88 Å². The number of amides is 1. The summed E-state index contributed by atoms with van der Waals surface area (Å²) in [5, 5.41) is 9.99. The first kappa shape index (κ1) is 25.2. The first-order valence-corrected chi connectivity index (χ1v) is 12.5. The van der Waals surface area contributed by atoms with Crippen LogP contribution in [0.25, 0.3) is 0 Å². The third kappa shape index (κ3) is 5.85. The maximum absolute atomic E-state index is 13.0. The number of carbonyl (C=O) groups is 1. The lowest BCUT2D eigenvalue weighted by atomic mass is 10.1. The molecule has 0 aliphatic carbocycles. The SMILES string of the molecule is CNc1nc(SC)ncc1CNc1cc(NC(=O)c2cccc(C3=NC(C)(C)CO3)c2)cnc1OC. The quantitative estimate of drug-likeness (QED) is 0.291. The van der Waals surface area contributed by atoms with Gasteiger partial charge in [0, 0.05) is 36.5 Å². The number of aromatic nitrogens is 3. The summed E-state index contributed by atoms with van der Waals surface area (Å²) in [6.07, 6.45) is 5.25. The topological polar surface area (TPSA) is 123 Å². The van der Waals surface area contributed by atoms with Gasteiger partial charge in [0.1, 0.15) is 12.4 Å². The average Bonchev–Trinajstić information content (AvgIpc) is 3.27. The number of nitrogens with zero attached hydrogens (tertiary/aromatic N) is 4. The number of benzene rings is 1. The van der Waals surface area contributed by atoms with Crippen molar-refractivity contribution in [2.24, 2.45) is 4.99 Å². The Hall–Kier alpha value is -3.86. The number of rotatable bonds is 9. The second-order valence-corrected chi connectivity index (χ2v) is 9.44. The van der Waals surface area contributed by atoms with Crippen molar-refractivity contribution < 1.29 is 14.3 Å². The summed E-state index contributed by atoms with van der Waals surface area (Å²) in [5.41, 5.74) is 2.99. The number of hydrogen-bond donors (Lipinski definition) is 3. The molecule has 188 valence electrons. The van der Waals surface area contributed by atoms with Crippen LogP contribution in [0.2, 0.25) is 0 Å². The van der Waals surface area contributed by atoms with E-state index in [1.54, 1.807) is 37.7 Å². The minimum absolute atomic E-state index is 0.272. The molecule has 1 amide bonds. The molecule has 0 fully saturated rings. The zero-order valence-electron chi connectivity index (χ0n) is 20.9. The monoisotopic (exact) mass is 507 g/mol. The van der Waals surface area contributed by atoms with E-state index in [2.05, 4.69) is 35.9 Å². The lowest BCUT2D eigenvalue weighted by molar-refractivity contribution is 0.102. The van der Waals surface area contributed by atoms with Crippen molar-refractivity contribution in [3.05, 3.63) is 59.4 Å². The van der Waals surface area contributed by atoms with Crippen molar-refractivity contribution in [3.63, 3.8) is 0 Å². The van der Waals surface area contributed by atoms with Gasteiger partial charge < -0.3 is 25.4 Å². The Kier molecular flexibility index (Phi) is 7.58. The fourth-order valence-corrected chi connectivity index (χ4v) is 3.90. The Balaban J connectivity index is 1.49. The highest BCUT2D eigenvalue weighted by molar-refractivity contribution is 7.98. The summed E-state index contributed by atoms with van der Waals surface area (Å²) in [5.74, 6) is 1.41. The molecule has 3 heterocycles. The average molecular weight is 508 g/mol. The lowest BCUT2D eigenvalue weighted by Gasteiger charge is -2.14. The molecule has 1 aliphatic heterocycles. The second kappa shape index (κ2) is 10.8. The van der Waals surface area contributed by atoms with Gasteiger partial charge in [-0.15, -0.1) is 0 Å². The Morgan fingerprint density at radius 1 is 1.22 bits per heavy atom. The third-order valence-electron chi connectivity index (χ3n) is 5.37. The van der Waals surface area contributed by atoms with Crippen LogP contribution in [0.3, 0.4) is 0 Å². The predicted molar refractivity (Wildman–Crippen MR) is 142 cm³/mol. The van der Waals surface area contributed by atoms with E-state index in [0.29, 0.717) is 47.0 Å². The van der Waals surface area contributed by atoms with Crippen molar-refractivity contribution in [3.8, 4) is 5.88 Å². The molecule has 1 aromatic carbocycles. The molecule has 10 nitrogen and oxygen atoms in total. The number of pyridine rings is 1. The third-order valence-corrected chi connectivity index (χ3v) is 5.93. The van der Waals surface area contributed by atoms with Crippen molar-refractivity contribution in [2.75, 3.05) is 43.0 Å². The largest absolute Gasteiger partial charge is 0.480 e. The van der Waals surface area contributed by atoms with Gasteiger partial charge in [-0.05, 0) is 44.4 Å². The summed E-state index contributed by atoms with van der Waals surface area (Å²) in [6.45, 7) is 4.95. The molecule has 0 saturated heterocycles. The highest BCUT2D eigenvalue weighted by Crippen LogP contribution is 2.27. The molecular weight excluding hydrogens is 478 g/mol. The molecule has 36 heavy (non-hydrogen) atoms. The van der Waals surface area contributed by atoms with Crippen LogP contribution < -0.4 is 20.7 Å². The van der Waals surface area contributed by atoms with Gasteiger partial charge in [0.25, 0.3) is 5.91 Å². The Bertz CT molecular complexity index is 1300. The number of methoxy groups -OCH3 is 1. The van der Waals surface area contributed by atoms with Crippen LogP contribution >= 0.6 is 11.8 Å². The zero-order chi connectivity index (χ0) is 25.7. The summed E-state index contributed by atoms with van der Waals surface area (Å²) < 4.78 is 11.1. The molecule has 2 aromatic heterocycles. The maximum atomic E-state index is 13.0. The molecule has 1 aliphatic rings. The summed E-state index contributed by atoms with van der Waals surface area (Å²) >= 11 is 1.47. The van der Waals surface area contributed by atoms with Gasteiger partial charge >= 0.3 is 0 Å². The fourth-order valence-electron chi connectivity index (χ4n) is 3.56. The van der Waals surface area contributed by atoms with Crippen LogP contribution in [-0.2, 0) is 11.3 Å². The standard InChI is InChI=1S/C25H29N7O3S/c1-25(2)14-35-22(32-25)16-8-6-7-15(9-16)21(33)30-18-10-19(23(34-4)28-13-18)27-11-17-12-29-24(36-5)31-20(17)26-3/h6-10,12-13,27H,11,14H2,1-5H3,(H,30,33)(H,26,29,31). The molecule has 4 rings (SSSR count). The van der Waals surface area contributed by atoms with E-state index in [1.165, 1.54) is 11.8 Å². The number of thioether (sulfide) groups is 1.